The van der Waals surface area contributed by atoms with Gasteiger partial charge in [0.15, 0.2) is 0 Å². The molecule has 190 valence electrons. The number of hydrazine groups is 1. The third kappa shape index (κ3) is 5.27. The monoisotopic (exact) mass is 479 g/mol. The molecule has 0 spiro atoms. The van der Waals surface area contributed by atoms with Gasteiger partial charge in [-0.3, -0.25) is 4.90 Å². The van der Waals surface area contributed by atoms with E-state index in [-0.39, 0.29) is 18.0 Å². The molecule has 1 saturated heterocycles. The van der Waals surface area contributed by atoms with E-state index in [1.54, 1.807) is 7.11 Å². The van der Waals surface area contributed by atoms with Gasteiger partial charge in [-0.1, -0.05) is 30.7 Å². The Balaban J connectivity index is 1.27. The van der Waals surface area contributed by atoms with E-state index in [4.69, 9.17) is 15.0 Å². The van der Waals surface area contributed by atoms with Crippen LogP contribution in [0, 0.1) is 46.8 Å². The van der Waals surface area contributed by atoms with Crippen LogP contribution >= 0.6 is 0 Å². The number of nitriles is 1. The van der Waals surface area contributed by atoms with Crippen LogP contribution in [-0.4, -0.2) is 55.0 Å². The van der Waals surface area contributed by atoms with Gasteiger partial charge in [-0.25, -0.2) is 10.4 Å². The molecular weight excluding hydrogens is 438 g/mol. The summed E-state index contributed by atoms with van der Waals surface area (Å²) in [6, 6.07) is 2.38. The van der Waals surface area contributed by atoms with Gasteiger partial charge in [0, 0.05) is 26.1 Å². The molecule has 1 saturated carbocycles. The number of allylic oxidation sites excluding steroid dienone is 3. The number of piperidine rings is 1. The number of hydrogen-bond acceptors (Lipinski definition) is 7. The summed E-state index contributed by atoms with van der Waals surface area (Å²) in [7, 11) is 1.70. The van der Waals surface area contributed by atoms with Gasteiger partial charge in [0.05, 0.1) is 18.6 Å². The summed E-state index contributed by atoms with van der Waals surface area (Å²) in [6.07, 6.45) is 16.6. The first kappa shape index (κ1) is 24.7. The first-order valence-corrected chi connectivity index (χ1v) is 13.6. The van der Waals surface area contributed by atoms with E-state index in [0.29, 0.717) is 30.3 Å². The summed E-state index contributed by atoms with van der Waals surface area (Å²) in [5.74, 6) is 3.57. The maximum Gasteiger partial charge on any atom is 0.141 e. The number of aliphatic hydroxyl groups excluding tert-OH is 1. The average Bonchev–Trinajstić information content (AvgIpc) is 3.31. The number of methoxy groups -OCH3 is 1. The molecule has 0 bridgehead atoms. The number of aliphatic hydroxyl groups is 1. The molecule has 35 heavy (non-hydrogen) atoms. The van der Waals surface area contributed by atoms with E-state index in [2.05, 4.69) is 53.0 Å². The van der Waals surface area contributed by atoms with E-state index in [1.165, 1.54) is 24.8 Å². The Kier molecular flexibility index (Phi) is 7.74. The summed E-state index contributed by atoms with van der Waals surface area (Å²) in [5, 5.41) is 20.6. The molecule has 5 rings (SSSR count). The maximum atomic E-state index is 11.5. The van der Waals surface area contributed by atoms with Crippen LogP contribution in [0.15, 0.2) is 40.4 Å². The lowest BCUT2D eigenvalue weighted by Gasteiger charge is -2.42. The number of aliphatic imine (C=N–C) groups is 1. The molecule has 0 aromatic rings. The Hall–Kier alpha value is -1.98. The molecule has 0 amide bonds. The normalized spacial score (nSPS) is 35.4. The standard InChI is InChI=1S/C28H41N5O2/c1-18-14-24(22-4-3-5-22)25(27-30-26(17-35-2)31-32-27)15-23(18)28(34)33-12-10-21(11-13-33)20-8-6-19(16-29)7-9-20/h6,8,14-15,19-22,24-26,28,31,34H,3-5,7,9-13,17H2,1-2H3,(H,30,32). The predicted octanol–water partition coefficient (Wildman–Crippen LogP) is 3.52. The highest BCUT2D eigenvalue weighted by molar-refractivity contribution is 5.88. The van der Waals surface area contributed by atoms with Gasteiger partial charge < -0.3 is 15.3 Å². The highest BCUT2D eigenvalue weighted by Gasteiger charge is 2.39. The lowest BCUT2D eigenvalue weighted by atomic mass is 9.67. The molecule has 5 aliphatic rings. The molecule has 3 aliphatic carbocycles. The van der Waals surface area contributed by atoms with Crippen LogP contribution < -0.4 is 10.9 Å². The molecule has 6 unspecified atom stereocenters. The molecule has 0 aromatic carbocycles. The summed E-state index contributed by atoms with van der Waals surface area (Å²) >= 11 is 0. The number of rotatable bonds is 7. The first-order valence-electron chi connectivity index (χ1n) is 13.6. The summed E-state index contributed by atoms with van der Waals surface area (Å²) in [5.41, 5.74) is 8.81. The number of nitrogens with zero attached hydrogens (tertiary/aromatic N) is 3. The average molecular weight is 480 g/mol. The van der Waals surface area contributed by atoms with E-state index < -0.39 is 6.23 Å². The summed E-state index contributed by atoms with van der Waals surface area (Å²) < 4.78 is 5.29. The van der Waals surface area contributed by atoms with Crippen LogP contribution in [0.25, 0.3) is 0 Å². The van der Waals surface area contributed by atoms with Gasteiger partial charge in [0.1, 0.15) is 18.2 Å². The molecule has 0 radical (unpaired) electrons. The van der Waals surface area contributed by atoms with Gasteiger partial charge >= 0.3 is 0 Å². The Bertz CT molecular complexity index is 922. The fraction of sp³-hybridized carbons (Fsp3) is 0.714. The molecule has 7 heteroatoms. The molecular formula is C28H41N5O2. The van der Waals surface area contributed by atoms with Crippen LogP contribution in [0.1, 0.15) is 51.9 Å². The van der Waals surface area contributed by atoms with Crippen LogP contribution in [-0.2, 0) is 4.74 Å². The van der Waals surface area contributed by atoms with Crippen molar-refractivity contribution in [3.63, 3.8) is 0 Å². The van der Waals surface area contributed by atoms with Crippen molar-refractivity contribution in [3.05, 3.63) is 35.5 Å². The zero-order valence-electron chi connectivity index (χ0n) is 21.2. The highest BCUT2D eigenvalue weighted by Crippen LogP contribution is 2.44. The minimum atomic E-state index is -0.577. The second kappa shape index (κ2) is 11.0. The smallest absolute Gasteiger partial charge is 0.141 e. The molecule has 2 heterocycles. The van der Waals surface area contributed by atoms with Crippen molar-refractivity contribution in [1.82, 2.24) is 15.8 Å². The van der Waals surface area contributed by atoms with Gasteiger partial charge in [-0.15, -0.1) is 0 Å². The van der Waals surface area contributed by atoms with Crippen LogP contribution in [0.2, 0.25) is 0 Å². The first-order chi connectivity index (χ1) is 17.1. The van der Waals surface area contributed by atoms with E-state index in [9.17, 15) is 5.11 Å². The van der Waals surface area contributed by atoms with Gasteiger partial charge in [-0.2, -0.15) is 5.26 Å². The third-order valence-electron chi connectivity index (χ3n) is 9.04. The Morgan fingerprint density at radius 2 is 1.94 bits per heavy atom. The van der Waals surface area contributed by atoms with Crippen molar-refractivity contribution in [3.8, 4) is 6.07 Å². The Morgan fingerprint density at radius 3 is 2.57 bits per heavy atom. The second-order valence-electron chi connectivity index (χ2n) is 11.1. The molecule has 0 aromatic heterocycles. The molecule has 2 fully saturated rings. The quantitative estimate of drug-likeness (QED) is 0.484. The fourth-order valence-electron chi connectivity index (χ4n) is 6.66. The van der Waals surface area contributed by atoms with Gasteiger partial charge in [-0.05, 0) is 80.3 Å². The number of ether oxygens (including phenoxy) is 1. The maximum absolute atomic E-state index is 11.5. The van der Waals surface area contributed by atoms with Crippen molar-refractivity contribution in [1.29, 1.82) is 5.26 Å². The predicted molar refractivity (Wildman–Crippen MR) is 137 cm³/mol. The zero-order chi connectivity index (χ0) is 24.4. The SMILES string of the molecule is COCC1N=C(C2C=C(C(O)N3CCC(C4C=CC(C#N)CC4)CC3)C(C)=CC2C2CCC2)NN1. The third-order valence-corrected chi connectivity index (χ3v) is 9.04. The minimum Gasteiger partial charge on any atom is -0.381 e. The van der Waals surface area contributed by atoms with Crippen molar-refractivity contribution in [2.45, 2.75) is 64.3 Å². The van der Waals surface area contributed by atoms with Crippen molar-refractivity contribution in [2.24, 2.45) is 40.5 Å². The zero-order valence-corrected chi connectivity index (χ0v) is 21.2. The largest absolute Gasteiger partial charge is 0.381 e. The number of hydrogen-bond donors (Lipinski definition) is 3. The Morgan fingerprint density at radius 1 is 1.14 bits per heavy atom. The molecule has 7 nitrogen and oxygen atoms in total. The van der Waals surface area contributed by atoms with E-state index in [1.807, 2.05) is 0 Å². The van der Waals surface area contributed by atoms with Crippen LogP contribution in [0.3, 0.4) is 0 Å². The lowest BCUT2D eigenvalue weighted by Crippen LogP contribution is -2.46. The van der Waals surface area contributed by atoms with Gasteiger partial charge in [0.2, 0.25) is 0 Å². The molecule has 6 atom stereocenters. The summed E-state index contributed by atoms with van der Waals surface area (Å²) in [4.78, 5) is 7.12. The number of nitrogens with one attached hydrogen (secondary N) is 2. The molecule has 3 N–H and O–H groups in total. The molecule has 2 aliphatic heterocycles. The number of likely N-dealkylation sites (tertiary alicyclic amines) is 1. The minimum absolute atomic E-state index is 0.0675. The van der Waals surface area contributed by atoms with Crippen molar-refractivity contribution >= 4 is 5.84 Å². The second-order valence-corrected chi connectivity index (χ2v) is 11.1. The fourth-order valence-corrected chi connectivity index (χ4v) is 6.66. The van der Waals surface area contributed by atoms with Crippen molar-refractivity contribution in [2.75, 3.05) is 26.8 Å². The van der Waals surface area contributed by atoms with Crippen molar-refractivity contribution < 1.29 is 9.84 Å². The topological polar surface area (TPSA) is 92.9 Å². The van der Waals surface area contributed by atoms with Crippen LogP contribution in [0.5, 0.6) is 0 Å². The highest BCUT2D eigenvalue weighted by atomic mass is 16.5. The lowest BCUT2D eigenvalue weighted by molar-refractivity contribution is 0.00411. The van der Waals surface area contributed by atoms with E-state index >= 15 is 0 Å². The van der Waals surface area contributed by atoms with Crippen LogP contribution in [0.4, 0.5) is 0 Å². The number of amidine groups is 1. The van der Waals surface area contributed by atoms with E-state index in [0.717, 1.165) is 50.2 Å². The summed E-state index contributed by atoms with van der Waals surface area (Å²) in [6.45, 7) is 4.53. The Labute approximate surface area is 210 Å². The van der Waals surface area contributed by atoms with Gasteiger partial charge in [0.25, 0.3) is 0 Å².